The van der Waals surface area contributed by atoms with E-state index in [1.54, 1.807) is 0 Å². The van der Waals surface area contributed by atoms with Crippen LogP contribution >= 0.6 is 0 Å². The standard InChI is InChI=1S/C55H46N6Si2/c1-62(2)50-17-9-5-13-46(50)60(47-14-6-10-18-51(47)62)54-37-45(38-55(58-54)61-48-15-7-11-19-52(48)63(3,4)53-20-12-8-16-49(53)61)59(43-25-21-39(22-26-43)41-29-33-56-34-30-41)44-27-23-40(24-28-44)42-31-35-57-36-32-42/h5-38H,1-4H3. The number of para-hydroxylation sites is 4. The Hall–Kier alpha value is -7.40. The van der Waals surface area contributed by atoms with Crippen molar-refractivity contribution in [3.8, 4) is 22.3 Å². The van der Waals surface area contributed by atoms with E-state index in [0.717, 1.165) is 51.0 Å². The maximum absolute atomic E-state index is 5.79. The highest BCUT2D eigenvalue weighted by Gasteiger charge is 2.41. The molecule has 0 bridgehead atoms. The van der Waals surface area contributed by atoms with Gasteiger partial charge in [0.25, 0.3) is 0 Å². The lowest BCUT2D eigenvalue weighted by atomic mass is 10.0. The van der Waals surface area contributed by atoms with Gasteiger partial charge in [-0.2, -0.15) is 0 Å². The zero-order valence-corrected chi connectivity index (χ0v) is 37.8. The largest absolute Gasteiger partial charge is 0.310 e. The molecule has 3 aromatic heterocycles. The molecule has 0 unspecified atom stereocenters. The lowest BCUT2D eigenvalue weighted by Crippen LogP contribution is -2.58. The molecule has 0 fully saturated rings. The molecule has 0 saturated carbocycles. The lowest BCUT2D eigenvalue weighted by molar-refractivity contribution is 1.12. The Balaban J connectivity index is 1.18. The minimum absolute atomic E-state index is 0.857. The second-order valence-corrected chi connectivity index (χ2v) is 26.1. The Morgan fingerprint density at radius 2 is 0.651 bits per heavy atom. The van der Waals surface area contributed by atoms with Gasteiger partial charge in [-0.15, -0.1) is 0 Å². The van der Waals surface area contributed by atoms with Crippen LogP contribution in [0.1, 0.15) is 0 Å². The molecular formula is C55H46N6Si2. The summed E-state index contributed by atoms with van der Waals surface area (Å²) in [4.78, 5) is 21.5. The Kier molecular flexibility index (Phi) is 9.29. The molecule has 9 aromatic rings. The summed E-state index contributed by atoms with van der Waals surface area (Å²) in [6.07, 6.45) is 7.39. The minimum Gasteiger partial charge on any atom is -0.310 e. The number of hydrogen-bond donors (Lipinski definition) is 0. The molecule has 6 nitrogen and oxygen atoms in total. The summed E-state index contributed by atoms with van der Waals surface area (Å²) in [6, 6.07) is 66.4. The zero-order valence-electron chi connectivity index (χ0n) is 35.8. The van der Waals surface area contributed by atoms with E-state index < -0.39 is 16.1 Å². The third-order valence-electron chi connectivity index (χ3n) is 13.1. The van der Waals surface area contributed by atoms with Crippen molar-refractivity contribution >= 4 is 88.3 Å². The molecule has 2 aliphatic heterocycles. The number of rotatable bonds is 7. The predicted octanol–water partition coefficient (Wildman–Crippen LogP) is 11.9. The van der Waals surface area contributed by atoms with Gasteiger partial charge in [-0.3, -0.25) is 19.8 Å². The minimum atomic E-state index is -2.06. The van der Waals surface area contributed by atoms with Crippen molar-refractivity contribution in [3.05, 3.63) is 207 Å². The van der Waals surface area contributed by atoms with E-state index in [4.69, 9.17) is 4.98 Å². The highest BCUT2D eigenvalue weighted by molar-refractivity contribution is 7.03. The van der Waals surface area contributed by atoms with Crippen molar-refractivity contribution in [1.29, 1.82) is 0 Å². The number of pyridine rings is 3. The van der Waals surface area contributed by atoms with Crippen molar-refractivity contribution in [2.75, 3.05) is 14.7 Å². The predicted molar refractivity (Wildman–Crippen MR) is 268 cm³/mol. The van der Waals surface area contributed by atoms with Crippen LogP contribution in [-0.2, 0) is 0 Å². The first-order chi connectivity index (χ1) is 30.8. The summed E-state index contributed by atoms with van der Waals surface area (Å²) >= 11 is 0. The first kappa shape index (κ1) is 38.5. The van der Waals surface area contributed by atoms with Crippen LogP contribution in [0.25, 0.3) is 22.3 Å². The third-order valence-corrected chi connectivity index (χ3v) is 20.1. The zero-order chi connectivity index (χ0) is 42.7. The lowest BCUT2D eigenvalue weighted by Gasteiger charge is -2.42. The smallest absolute Gasteiger partial charge is 0.142 e. The first-order valence-corrected chi connectivity index (χ1v) is 27.6. The van der Waals surface area contributed by atoms with E-state index in [1.165, 1.54) is 43.5 Å². The fraction of sp³-hybridized carbons (Fsp3) is 0.0727. The van der Waals surface area contributed by atoms with E-state index in [1.807, 2.05) is 24.8 Å². The molecule has 6 aromatic carbocycles. The van der Waals surface area contributed by atoms with Crippen molar-refractivity contribution in [2.45, 2.75) is 26.2 Å². The highest BCUT2D eigenvalue weighted by atomic mass is 28.3. The maximum atomic E-state index is 5.79. The molecule has 0 saturated heterocycles. The fourth-order valence-corrected chi connectivity index (χ4v) is 15.8. The normalized spacial score (nSPS) is 14.2. The molecule has 11 rings (SSSR count). The topological polar surface area (TPSA) is 48.4 Å². The highest BCUT2D eigenvalue weighted by Crippen LogP contribution is 2.46. The van der Waals surface area contributed by atoms with Gasteiger partial charge in [0, 0.05) is 71.0 Å². The molecule has 0 N–H and O–H groups in total. The summed E-state index contributed by atoms with van der Waals surface area (Å²) in [7, 11) is -4.13. The van der Waals surface area contributed by atoms with E-state index in [-0.39, 0.29) is 0 Å². The summed E-state index contributed by atoms with van der Waals surface area (Å²) in [5.41, 5.74) is 12.3. The molecule has 0 spiro atoms. The van der Waals surface area contributed by atoms with Gasteiger partial charge in [0.05, 0.1) is 5.69 Å². The molecule has 0 atom stereocenters. The summed E-state index contributed by atoms with van der Waals surface area (Å²) in [5.74, 6) is 1.71. The van der Waals surface area contributed by atoms with E-state index in [9.17, 15) is 0 Å². The molecule has 304 valence electrons. The maximum Gasteiger partial charge on any atom is 0.142 e. The first-order valence-electron chi connectivity index (χ1n) is 21.6. The van der Waals surface area contributed by atoms with Crippen LogP contribution in [-0.4, -0.2) is 31.1 Å². The Morgan fingerprint density at radius 1 is 0.349 bits per heavy atom. The van der Waals surface area contributed by atoms with Crippen LogP contribution < -0.4 is 35.4 Å². The molecule has 5 heterocycles. The molecular weight excluding hydrogens is 801 g/mol. The quantitative estimate of drug-likeness (QED) is 0.149. The Labute approximate surface area is 371 Å². The van der Waals surface area contributed by atoms with Crippen LogP contribution in [0.4, 0.5) is 51.4 Å². The molecule has 2 aliphatic rings. The second kappa shape index (κ2) is 15.2. The molecule has 0 radical (unpaired) electrons. The number of anilines is 9. The summed E-state index contributed by atoms with van der Waals surface area (Å²) in [6.45, 7) is 9.88. The van der Waals surface area contributed by atoms with E-state index in [0.29, 0.717) is 0 Å². The van der Waals surface area contributed by atoms with Gasteiger partial charge in [0.1, 0.15) is 27.8 Å². The molecule has 0 amide bonds. The van der Waals surface area contributed by atoms with Gasteiger partial charge >= 0.3 is 0 Å². The van der Waals surface area contributed by atoms with Gasteiger partial charge in [-0.1, -0.05) is 123 Å². The van der Waals surface area contributed by atoms with Gasteiger partial charge in [-0.05, 0) is 116 Å². The molecule has 0 aliphatic carbocycles. The van der Waals surface area contributed by atoms with Crippen molar-refractivity contribution in [2.24, 2.45) is 0 Å². The number of nitrogens with zero attached hydrogens (tertiary/aromatic N) is 6. The summed E-state index contributed by atoms with van der Waals surface area (Å²) < 4.78 is 0. The van der Waals surface area contributed by atoms with Crippen LogP contribution in [0.3, 0.4) is 0 Å². The SMILES string of the molecule is C[Si]1(C)c2ccccc2N(c2cc(N(c3ccc(-c4ccncc4)cc3)c3ccc(-c4ccncc4)cc3)cc(N3c4ccccc4[Si](C)(C)c4ccccc43)n2)c2ccccc21. The molecule has 63 heavy (non-hydrogen) atoms. The number of aromatic nitrogens is 3. The Morgan fingerprint density at radius 3 is 0.984 bits per heavy atom. The van der Waals surface area contributed by atoms with Crippen molar-refractivity contribution in [1.82, 2.24) is 15.0 Å². The van der Waals surface area contributed by atoms with Gasteiger partial charge in [0.2, 0.25) is 0 Å². The Bertz CT molecular complexity index is 2830. The monoisotopic (exact) mass is 846 g/mol. The second-order valence-electron chi connectivity index (χ2n) is 17.4. The van der Waals surface area contributed by atoms with E-state index >= 15 is 0 Å². The number of fused-ring (bicyclic) bond motifs is 4. The number of hydrogen-bond acceptors (Lipinski definition) is 6. The average Bonchev–Trinajstić information content (AvgIpc) is 3.33. The van der Waals surface area contributed by atoms with Crippen LogP contribution in [0.15, 0.2) is 207 Å². The van der Waals surface area contributed by atoms with Crippen LogP contribution in [0, 0.1) is 0 Å². The van der Waals surface area contributed by atoms with Gasteiger partial charge in [-0.25, -0.2) is 4.98 Å². The van der Waals surface area contributed by atoms with Gasteiger partial charge < -0.3 is 4.90 Å². The third kappa shape index (κ3) is 6.49. The average molecular weight is 847 g/mol. The number of benzene rings is 6. The van der Waals surface area contributed by atoms with Crippen LogP contribution in [0.2, 0.25) is 26.2 Å². The van der Waals surface area contributed by atoms with Crippen LogP contribution in [0.5, 0.6) is 0 Å². The molecule has 8 heteroatoms. The summed E-state index contributed by atoms with van der Waals surface area (Å²) in [5, 5.41) is 5.59. The van der Waals surface area contributed by atoms with Gasteiger partial charge in [0.15, 0.2) is 0 Å². The van der Waals surface area contributed by atoms with Crippen molar-refractivity contribution in [3.63, 3.8) is 0 Å². The van der Waals surface area contributed by atoms with E-state index in [2.05, 4.69) is 233 Å². The fourth-order valence-electron chi connectivity index (χ4n) is 9.82. The van der Waals surface area contributed by atoms with Crippen molar-refractivity contribution < 1.29 is 0 Å².